The number of para-hydroxylation sites is 1. The van der Waals surface area contributed by atoms with Crippen molar-refractivity contribution in [3.63, 3.8) is 0 Å². The van der Waals surface area contributed by atoms with Gasteiger partial charge in [-0.2, -0.15) is 0 Å². The van der Waals surface area contributed by atoms with Crippen LogP contribution in [0.15, 0.2) is 85.5 Å². The van der Waals surface area contributed by atoms with E-state index in [2.05, 4.69) is 27.5 Å². The van der Waals surface area contributed by atoms with Gasteiger partial charge in [0.05, 0.1) is 11.9 Å². The van der Waals surface area contributed by atoms with Gasteiger partial charge < -0.3 is 30.8 Å². The van der Waals surface area contributed by atoms with E-state index in [1.54, 1.807) is 30.9 Å². The Morgan fingerprint density at radius 2 is 1.69 bits per heavy atom. The van der Waals surface area contributed by atoms with E-state index in [0.29, 0.717) is 19.0 Å². The average Bonchev–Trinajstić information content (AvgIpc) is 3.67. The van der Waals surface area contributed by atoms with Gasteiger partial charge in [-0.15, -0.1) is 24.8 Å². The molecule has 1 aliphatic heterocycles. The Balaban J connectivity index is 0.00000260. The second-order valence-corrected chi connectivity index (χ2v) is 13.0. The number of aromatic nitrogens is 3. The first-order valence-electron chi connectivity index (χ1n) is 15.8. The average molecular weight is 693 g/mol. The first-order valence-corrected chi connectivity index (χ1v) is 15.8. The summed E-state index contributed by atoms with van der Waals surface area (Å²) in [7, 11) is 0. The summed E-state index contributed by atoms with van der Waals surface area (Å²) in [4.78, 5) is 50.4. The number of nitrogens with one attached hydrogen (secondary N) is 3. The van der Waals surface area contributed by atoms with Crippen LogP contribution in [0.5, 0.6) is 0 Å². The van der Waals surface area contributed by atoms with Crippen molar-refractivity contribution in [2.24, 2.45) is 11.7 Å². The number of likely N-dealkylation sites (tertiary alicyclic amines) is 1. The maximum Gasteiger partial charge on any atom is 0.250 e. The summed E-state index contributed by atoms with van der Waals surface area (Å²) >= 11 is 0. The number of carbonyl (C=O) groups excluding carboxylic acids is 3. The van der Waals surface area contributed by atoms with E-state index < -0.39 is 29.4 Å². The number of nitrogens with zero attached hydrogens (tertiary/aromatic N) is 3. The minimum absolute atomic E-state index is 0. The Morgan fingerprint density at radius 3 is 2.42 bits per heavy atom. The number of carbonyl (C=O) groups is 3. The van der Waals surface area contributed by atoms with Gasteiger partial charge in [-0.1, -0.05) is 61.5 Å². The van der Waals surface area contributed by atoms with Gasteiger partial charge >= 0.3 is 0 Å². The van der Waals surface area contributed by atoms with Gasteiger partial charge in [0, 0.05) is 42.8 Å². The van der Waals surface area contributed by atoms with Crippen LogP contribution in [0, 0.1) is 5.92 Å². The van der Waals surface area contributed by atoms with Gasteiger partial charge in [-0.3, -0.25) is 14.4 Å². The third-order valence-corrected chi connectivity index (χ3v) is 8.88. The summed E-state index contributed by atoms with van der Waals surface area (Å²) in [5, 5.41) is 8.81. The van der Waals surface area contributed by atoms with E-state index in [1.807, 2.05) is 77.8 Å². The highest BCUT2D eigenvalue weighted by Gasteiger charge is 2.32. The van der Waals surface area contributed by atoms with Crippen LogP contribution < -0.4 is 16.4 Å². The molecule has 254 valence electrons. The summed E-state index contributed by atoms with van der Waals surface area (Å²) in [6.07, 6.45) is 7.27. The van der Waals surface area contributed by atoms with Gasteiger partial charge in [-0.05, 0) is 66.6 Å². The number of amides is 3. The number of imidazole rings is 1. The van der Waals surface area contributed by atoms with Crippen LogP contribution in [-0.4, -0.2) is 61.8 Å². The zero-order valence-corrected chi connectivity index (χ0v) is 28.9. The minimum Gasteiger partial charge on any atom is -0.361 e. The van der Waals surface area contributed by atoms with Crippen LogP contribution in [0.4, 0.5) is 5.82 Å². The van der Waals surface area contributed by atoms with Gasteiger partial charge in [0.25, 0.3) is 0 Å². The Labute approximate surface area is 292 Å². The predicted octanol–water partition coefficient (Wildman–Crippen LogP) is 5.61. The Hall–Kier alpha value is -4.38. The zero-order chi connectivity index (χ0) is 32.4. The van der Waals surface area contributed by atoms with Crippen molar-refractivity contribution in [3.8, 4) is 0 Å². The van der Waals surface area contributed by atoms with Crippen molar-refractivity contribution < 1.29 is 14.4 Å². The van der Waals surface area contributed by atoms with Crippen LogP contribution >= 0.6 is 24.8 Å². The van der Waals surface area contributed by atoms with Crippen molar-refractivity contribution in [1.29, 1.82) is 0 Å². The highest BCUT2D eigenvalue weighted by Crippen LogP contribution is 2.28. The third-order valence-electron chi connectivity index (χ3n) is 8.88. The Kier molecular flexibility index (Phi) is 11.6. The fraction of sp³-hybridized carbons (Fsp3) is 0.333. The van der Waals surface area contributed by atoms with Crippen molar-refractivity contribution in [1.82, 2.24) is 24.8 Å². The number of halogens is 2. The van der Waals surface area contributed by atoms with Crippen LogP contribution in [0.2, 0.25) is 0 Å². The number of H-pyrrole nitrogens is 1. The van der Waals surface area contributed by atoms with E-state index in [4.69, 9.17) is 5.73 Å². The molecule has 0 radical (unpaired) electrons. The van der Waals surface area contributed by atoms with Crippen molar-refractivity contribution in [3.05, 3.63) is 96.6 Å². The molecule has 3 heterocycles. The molecule has 0 spiro atoms. The molecule has 6 rings (SSSR count). The number of anilines is 1. The van der Waals surface area contributed by atoms with Crippen LogP contribution in [0.3, 0.4) is 0 Å². The highest BCUT2D eigenvalue weighted by atomic mass is 35.5. The summed E-state index contributed by atoms with van der Waals surface area (Å²) in [5.41, 5.74) is 7.55. The van der Waals surface area contributed by atoms with Gasteiger partial charge in [0.1, 0.15) is 12.1 Å². The molecule has 12 heteroatoms. The molecule has 48 heavy (non-hydrogen) atoms. The third kappa shape index (κ3) is 8.01. The molecule has 5 aromatic rings. The lowest BCUT2D eigenvalue weighted by molar-refractivity contribution is -0.135. The molecule has 2 atom stereocenters. The first-order chi connectivity index (χ1) is 22.1. The normalized spacial score (nSPS) is 14.9. The molecule has 1 unspecified atom stereocenters. The predicted molar refractivity (Wildman–Crippen MR) is 195 cm³/mol. The lowest BCUT2D eigenvalue weighted by Crippen LogP contribution is -2.55. The highest BCUT2D eigenvalue weighted by molar-refractivity contribution is 5.98. The first kappa shape index (κ1) is 36.5. The molecular formula is C36H43Cl2N7O3. The monoisotopic (exact) mass is 691 g/mol. The fourth-order valence-corrected chi connectivity index (χ4v) is 6.05. The van der Waals surface area contributed by atoms with Crippen LogP contribution in [0.25, 0.3) is 21.7 Å². The van der Waals surface area contributed by atoms with Gasteiger partial charge in [0.15, 0.2) is 5.82 Å². The molecule has 0 saturated carbocycles. The number of nitrogens with two attached hydrogens (primary N) is 1. The topological polar surface area (TPSA) is 138 Å². The Morgan fingerprint density at radius 1 is 1.00 bits per heavy atom. The van der Waals surface area contributed by atoms with Crippen molar-refractivity contribution in [2.75, 3.05) is 18.4 Å². The molecule has 2 aromatic heterocycles. The SMILES string of the molecule is CC1CCN(C(=O)C(c2ccc3ccccc3c2)n2cnc(NC(=O)[C@@H](Cc3c[nH]c4ccccc34)NC(=O)C(C)(C)N)c2)CC1.Cl.Cl. The van der Waals surface area contributed by atoms with Crippen LogP contribution in [-0.2, 0) is 20.8 Å². The maximum atomic E-state index is 14.1. The number of fused-ring (bicyclic) bond motifs is 2. The number of piperidine rings is 1. The minimum atomic E-state index is -1.18. The number of hydrogen-bond acceptors (Lipinski definition) is 5. The quantitative estimate of drug-likeness (QED) is 0.159. The number of hydrogen-bond donors (Lipinski definition) is 4. The molecule has 10 nitrogen and oxygen atoms in total. The number of rotatable bonds is 9. The summed E-state index contributed by atoms with van der Waals surface area (Å²) in [6.45, 7) is 6.82. The van der Waals surface area contributed by atoms with E-state index in [9.17, 15) is 14.4 Å². The smallest absolute Gasteiger partial charge is 0.250 e. The van der Waals surface area contributed by atoms with E-state index in [0.717, 1.165) is 45.6 Å². The summed E-state index contributed by atoms with van der Waals surface area (Å²) in [5.74, 6) is -0.0310. The van der Waals surface area contributed by atoms with Crippen molar-refractivity contribution in [2.45, 2.75) is 57.7 Å². The lowest BCUT2D eigenvalue weighted by Gasteiger charge is -2.33. The van der Waals surface area contributed by atoms with Gasteiger partial charge in [-0.25, -0.2) is 4.98 Å². The van der Waals surface area contributed by atoms with Crippen LogP contribution in [0.1, 0.15) is 50.8 Å². The van der Waals surface area contributed by atoms with Crippen molar-refractivity contribution >= 4 is 70.0 Å². The lowest BCUT2D eigenvalue weighted by atomic mass is 9.96. The molecule has 1 aliphatic rings. The number of benzene rings is 3. The maximum absolute atomic E-state index is 14.1. The van der Waals surface area contributed by atoms with E-state index in [-0.39, 0.29) is 43.0 Å². The van der Waals surface area contributed by atoms with Gasteiger partial charge in [0.2, 0.25) is 17.7 Å². The molecule has 5 N–H and O–H groups in total. The zero-order valence-electron chi connectivity index (χ0n) is 27.3. The number of aromatic amines is 1. The molecule has 1 saturated heterocycles. The molecule has 0 bridgehead atoms. The second-order valence-electron chi connectivity index (χ2n) is 13.0. The molecule has 1 fully saturated rings. The Bertz CT molecular complexity index is 1890. The largest absolute Gasteiger partial charge is 0.361 e. The molecule has 3 amide bonds. The fourth-order valence-electron chi connectivity index (χ4n) is 6.05. The molecule has 3 aromatic carbocycles. The molecular weight excluding hydrogens is 649 g/mol. The standard InChI is InChI=1S/C36H41N7O3.2ClH/c1-23-14-16-42(17-15-23)34(45)32(26-13-12-24-8-4-5-9-25(24)18-26)43-21-31(39-22-43)41-33(44)30(40-35(46)36(2,3)37)19-27-20-38-29-11-7-6-10-28(27)29;;/h4-13,18,20-23,30,32,38H,14-17,19,37H2,1-3H3,(H,40,46)(H,41,44);2*1H/t30-,32?;;/m1../s1. The van der Waals surface area contributed by atoms with E-state index >= 15 is 0 Å². The summed E-state index contributed by atoms with van der Waals surface area (Å²) < 4.78 is 1.76. The van der Waals surface area contributed by atoms with E-state index in [1.165, 1.54) is 0 Å². The second kappa shape index (κ2) is 15.2. The summed E-state index contributed by atoms with van der Waals surface area (Å²) in [6, 6.07) is 20.3. The molecule has 0 aliphatic carbocycles.